The number of benzene rings is 1. The molecule has 5 heteroatoms. The van der Waals surface area contributed by atoms with Gasteiger partial charge in [-0.25, -0.2) is 0 Å². The van der Waals surface area contributed by atoms with Crippen LogP contribution in [0.2, 0.25) is 0 Å². The first kappa shape index (κ1) is 16.8. The SMILES string of the molecule is COCC(=O)NC[C@H](c1ccc(N(C)C)cc1)[NH+]1CCCC1. The quantitative estimate of drug-likeness (QED) is 0.758. The first-order valence-corrected chi connectivity index (χ1v) is 7.99. The van der Waals surface area contributed by atoms with Gasteiger partial charge in [0.25, 0.3) is 0 Å². The van der Waals surface area contributed by atoms with E-state index in [4.69, 9.17) is 4.74 Å². The van der Waals surface area contributed by atoms with Gasteiger partial charge in [-0.05, 0) is 12.1 Å². The second-order valence-electron chi connectivity index (χ2n) is 6.14. The van der Waals surface area contributed by atoms with Crippen molar-refractivity contribution in [3.05, 3.63) is 29.8 Å². The van der Waals surface area contributed by atoms with E-state index in [2.05, 4.69) is 34.5 Å². The monoisotopic (exact) mass is 306 g/mol. The Morgan fingerprint density at radius 2 is 1.91 bits per heavy atom. The molecule has 1 saturated heterocycles. The maximum absolute atomic E-state index is 11.7. The number of amides is 1. The van der Waals surface area contributed by atoms with Crippen molar-refractivity contribution >= 4 is 11.6 Å². The van der Waals surface area contributed by atoms with Crippen LogP contribution in [0.25, 0.3) is 0 Å². The zero-order valence-corrected chi connectivity index (χ0v) is 13.9. The summed E-state index contributed by atoms with van der Waals surface area (Å²) in [6.07, 6.45) is 2.54. The zero-order valence-electron chi connectivity index (χ0n) is 13.9. The Hall–Kier alpha value is -1.59. The highest BCUT2D eigenvalue weighted by Gasteiger charge is 2.27. The van der Waals surface area contributed by atoms with Crippen molar-refractivity contribution in [3.8, 4) is 0 Å². The van der Waals surface area contributed by atoms with Crippen LogP contribution in [0.15, 0.2) is 24.3 Å². The fraction of sp³-hybridized carbons (Fsp3) is 0.588. The number of likely N-dealkylation sites (tertiary alicyclic amines) is 1. The number of nitrogens with one attached hydrogen (secondary N) is 2. The topological polar surface area (TPSA) is 46.0 Å². The molecule has 22 heavy (non-hydrogen) atoms. The van der Waals surface area contributed by atoms with E-state index < -0.39 is 0 Å². The lowest BCUT2D eigenvalue weighted by Gasteiger charge is -2.26. The molecular formula is C17H28N3O2+. The summed E-state index contributed by atoms with van der Waals surface area (Å²) < 4.78 is 4.88. The Labute approximate surface area is 133 Å². The molecule has 1 atom stereocenters. The molecule has 0 aliphatic carbocycles. The van der Waals surface area contributed by atoms with Crippen LogP contribution in [0.5, 0.6) is 0 Å². The number of rotatable bonds is 7. The van der Waals surface area contributed by atoms with E-state index in [1.807, 2.05) is 14.1 Å². The summed E-state index contributed by atoms with van der Waals surface area (Å²) in [4.78, 5) is 15.3. The number of anilines is 1. The van der Waals surface area contributed by atoms with Gasteiger partial charge < -0.3 is 19.9 Å². The van der Waals surface area contributed by atoms with Crippen molar-refractivity contribution in [2.24, 2.45) is 0 Å². The second-order valence-corrected chi connectivity index (χ2v) is 6.14. The molecule has 5 nitrogen and oxygen atoms in total. The number of carbonyl (C=O) groups is 1. The largest absolute Gasteiger partial charge is 0.378 e. The van der Waals surface area contributed by atoms with Gasteiger partial charge in [-0.2, -0.15) is 0 Å². The Bertz CT molecular complexity index is 467. The van der Waals surface area contributed by atoms with Gasteiger partial charge in [0, 0.05) is 45.3 Å². The number of ether oxygens (including phenoxy) is 1. The lowest BCUT2D eigenvalue weighted by molar-refractivity contribution is -0.918. The third-order valence-corrected chi connectivity index (χ3v) is 4.33. The van der Waals surface area contributed by atoms with E-state index in [1.165, 1.54) is 37.2 Å². The third-order valence-electron chi connectivity index (χ3n) is 4.33. The van der Waals surface area contributed by atoms with E-state index in [0.717, 1.165) is 0 Å². The van der Waals surface area contributed by atoms with Crippen molar-refractivity contribution in [2.75, 3.05) is 52.3 Å². The lowest BCUT2D eigenvalue weighted by Crippen LogP contribution is -3.11. The molecule has 1 amide bonds. The molecule has 1 aromatic carbocycles. The van der Waals surface area contributed by atoms with Crippen LogP contribution in [-0.4, -0.2) is 53.4 Å². The second kappa shape index (κ2) is 8.15. The van der Waals surface area contributed by atoms with Gasteiger partial charge in [-0.1, -0.05) is 12.1 Å². The highest BCUT2D eigenvalue weighted by molar-refractivity contribution is 5.77. The summed E-state index contributed by atoms with van der Waals surface area (Å²) in [5.74, 6) is -0.0454. The van der Waals surface area contributed by atoms with Crippen molar-refractivity contribution in [1.82, 2.24) is 5.32 Å². The van der Waals surface area contributed by atoms with Crippen LogP contribution in [0.3, 0.4) is 0 Å². The minimum atomic E-state index is -0.0454. The molecule has 0 bridgehead atoms. The summed E-state index contributed by atoms with van der Waals surface area (Å²) in [5, 5.41) is 3.00. The van der Waals surface area contributed by atoms with Crippen LogP contribution < -0.4 is 15.1 Å². The molecular weight excluding hydrogens is 278 g/mol. The Morgan fingerprint density at radius 1 is 1.27 bits per heavy atom. The predicted molar refractivity (Wildman–Crippen MR) is 88.3 cm³/mol. The number of carbonyl (C=O) groups excluding carboxylic acids is 1. The number of methoxy groups -OCH3 is 1. The van der Waals surface area contributed by atoms with Crippen molar-refractivity contribution in [3.63, 3.8) is 0 Å². The summed E-state index contributed by atoms with van der Waals surface area (Å²) >= 11 is 0. The molecule has 2 rings (SSSR count). The number of hydrogen-bond donors (Lipinski definition) is 2. The molecule has 1 aliphatic rings. The van der Waals surface area contributed by atoms with Crippen molar-refractivity contribution < 1.29 is 14.4 Å². The predicted octanol–water partition coefficient (Wildman–Crippen LogP) is 0.235. The molecule has 0 aromatic heterocycles. The van der Waals surface area contributed by atoms with Gasteiger partial charge in [-0.15, -0.1) is 0 Å². The zero-order chi connectivity index (χ0) is 15.9. The third kappa shape index (κ3) is 4.45. The lowest BCUT2D eigenvalue weighted by atomic mass is 10.0. The van der Waals surface area contributed by atoms with E-state index >= 15 is 0 Å². The highest BCUT2D eigenvalue weighted by Crippen LogP contribution is 2.17. The molecule has 1 fully saturated rings. The fourth-order valence-corrected chi connectivity index (χ4v) is 3.08. The molecule has 0 unspecified atom stereocenters. The van der Waals surface area contributed by atoms with E-state index in [-0.39, 0.29) is 12.5 Å². The summed E-state index contributed by atoms with van der Waals surface area (Å²) in [7, 11) is 5.63. The first-order valence-electron chi connectivity index (χ1n) is 7.99. The molecule has 0 saturated carbocycles. The van der Waals surface area contributed by atoms with Gasteiger partial charge in [0.2, 0.25) is 5.91 Å². The molecule has 0 radical (unpaired) electrons. The van der Waals surface area contributed by atoms with Crippen molar-refractivity contribution in [2.45, 2.75) is 18.9 Å². The van der Waals surface area contributed by atoms with Crippen LogP contribution in [0, 0.1) is 0 Å². The number of hydrogen-bond acceptors (Lipinski definition) is 3. The normalized spacial score (nSPS) is 16.5. The van der Waals surface area contributed by atoms with E-state index in [0.29, 0.717) is 12.6 Å². The first-order chi connectivity index (χ1) is 10.6. The molecule has 0 spiro atoms. The average Bonchev–Trinajstić information content (AvgIpc) is 3.02. The average molecular weight is 306 g/mol. The minimum Gasteiger partial charge on any atom is -0.378 e. The molecule has 122 valence electrons. The molecule has 2 N–H and O–H groups in total. The van der Waals surface area contributed by atoms with Crippen LogP contribution in [-0.2, 0) is 9.53 Å². The van der Waals surface area contributed by atoms with Crippen LogP contribution in [0.1, 0.15) is 24.4 Å². The van der Waals surface area contributed by atoms with Crippen LogP contribution >= 0.6 is 0 Å². The van der Waals surface area contributed by atoms with Crippen LogP contribution in [0.4, 0.5) is 5.69 Å². The van der Waals surface area contributed by atoms with Gasteiger partial charge in [-0.3, -0.25) is 4.79 Å². The summed E-state index contributed by atoms with van der Waals surface area (Å²) in [5.41, 5.74) is 2.49. The summed E-state index contributed by atoms with van der Waals surface area (Å²) in [6.45, 7) is 3.15. The van der Waals surface area contributed by atoms with E-state index in [1.54, 1.807) is 12.0 Å². The Balaban J connectivity index is 2.07. The maximum Gasteiger partial charge on any atom is 0.246 e. The van der Waals surface area contributed by atoms with Gasteiger partial charge in [0.15, 0.2) is 0 Å². The van der Waals surface area contributed by atoms with Gasteiger partial charge in [0.1, 0.15) is 12.6 Å². The Kier molecular flexibility index (Phi) is 6.21. The maximum atomic E-state index is 11.7. The summed E-state index contributed by atoms with van der Waals surface area (Å²) in [6, 6.07) is 8.99. The molecule has 1 heterocycles. The number of nitrogens with zero attached hydrogens (tertiary/aromatic N) is 1. The van der Waals surface area contributed by atoms with Gasteiger partial charge >= 0.3 is 0 Å². The van der Waals surface area contributed by atoms with Gasteiger partial charge in [0.05, 0.1) is 19.6 Å². The minimum absolute atomic E-state index is 0.0454. The standard InChI is InChI=1S/C17H27N3O2/c1-19(2)15-8-6-14(7-9-15)16(20-10-4-5-11-20)12-18-17(21)13-22-3/h6-9,16H,4-5,10-13H2,1-3H3,(H,18,21)/p+1/t16-/m1/s1. The number of quaternary nitrogens is 1. The highest BCUT2D eigenvalue weighted by atomic mass is 16.5. The van der Waals surface area contributed by atoms with E-state index in [9.17, 15) is 4.79 Å². The molecule has 1 aromatic rings. The molecule has 1 aliphatic heterocycles. The van der Waals surface area contributed by atoms with Crippen molar-refractivity contribution in [1.29, 1.82) is 0 Å². The Morgan fingerprint density at radius 3 is 2.45 bits per heavy atom. The fourth-order valence-electron chi connectivity index (χ4n) is 3.08. The smallest absolute Gasteiger partial charge is 0.246 e.